The number of fused-ring (bicyclic) bond motifs is 1. The Morgan fingerprint density at radius 3 is 2.88 bits per heavy atom. The zero-order valence-electron chi connectivity index (χ0n) is 14.2. The van der Waals surface area contributed by atoms with Gasteiger partial charge in [-0.1, -0.05) is 12.1 Å². The van der Waals surface area contributed by atoms with Crippen LogP contribution in [0.2, 0.25) is 0 Å². The highest BCUT2D eigenvalue weighted by molar-refractivity contribution is 5.66. The molecule has 0 amide bonds. The van der Waals surface area contributed by atoms with Crippen LogP contribution in [0.1, 0.15) is 12.8 Å². The second-order valence-electron chi connectivity index (χ2n) is 6.40. The first-order chi connectivity index (χ1) is 12.2. The lowest BCUT2D eigenvalue weighted by atomic mass is 10.0. The number of aromatic nitrogens is 3. The maximum absolute atomic E-state index is 12.8. The molecule has 1 aromatic carbocycles. The van der Waals surface area contributed by atoms with E-state index >= 15 is 0 Å². The molecule has 2 aromatic heterocycles. The van der Waals surface area contributed by atoms with Crippen LogP contribution >= 0.6 is 0 Å². The fourth-order valence-corrected chi connectivity index (χ4v) is 3.30. The van der Waals surface area contributed by atoms with Gasteiger partial charge in [-0.25, -0.2) is 4.52 Å². The first-order valence-corrected chi connectivity index (χ1v) is 8.55. The minimum atomic E-state index is -0.00404. The number of nitrogens with zero attached hydrogens (tertiary/aromatic N) is 3. The molecule has 0 aliphatic carbocycles. The standard InChI is InChI=1S/C19H21N3O3/c1-24-16-4-2-3-15(11-16)17-12-18-19(23)21(7-8-22(18)20-17)13-14-5-9-25-10-6-14/h2-4,7-8,11-12,14H,5-6,9-10,13H2,1H3. The molecule has 1 aliphatic rings. The third-order valence-electron chi connectivity index (χ3n) is 4.76. The summed E-state index contributed by atoms with van der Waals surface area (Å²) >= 11 is 0. The second-order valence-corrected chi connectivity index (χ2v) is 6.40. The molecule has 6 heteroatoms. The molecule has 3 aromatic rings. The molecule has 130 valence electrons. The second kappa shape index (κ2) is 6.72. The third kappa shape index (κ3) is 3.17. The summed E-state index contributed by atoms with van der Waals surface area (Å²) in [5.41, 5.74) is 2.28. The molecule has 0 saturated carbocycles. The number of ether oxygens (including phenoxy) is 2. The Hall–Kier alpha value is -2.60. The zero-order chi connectivity index (χ0) is 17.2. The van der Waals surface area contributed by atoms with E-state index in [4.69, 9.17) is 9.47 Å². The maximum Gasteiger partial charge on any atom is 0.276 e. The monoisotopic (exact) mass is 339 g/mol. The highest BCUT2D eigenvalue weighted by atomic mass is 16.5. The number of hydrogen-bond donors (Lipinski definition) is 0. The Labute approximate surface area is 145 Å². The van der Waals surface area contributed by atoms with Gasteiger partial charge in [0.1, 0.15) is 11.3 Å². The largest absolute Gasteiger partial charge is 0.497 e. The normalized spacial score (nSPS) is 15.6. The van der Waals surface area contributed by atoms with Crippen molar-refractivity contribution in [3.05, 3.63) is 53.1 Å². The first kappa shape index (κ1) is 15.9. The van der Waals surface area contributed by atoms with Gasteiger partial charge in [0.2, 0.25) is 0 Å². The summed E-state index contributed by atoms with van der Waals surface area (Å²) in [6.07, 6.45) is 5.69. The predicted octanol–water partition coefficient (Wildman–Crippen LogP) is 2.60. The van der Waals surface area contributed by atoms with E-state index in [-0.39, 0.29) is 5.56 Å². The summed E-state index contributed by atoms with van der Waals surface area (Å²) in [5, 5.41) is 4.53. The van der Waals surface area contributed by atoms with E-state index in [1.54, 1.807) is 16.2 Å². The van der Waals surface area contributed by atoms with Crippen LogP contribution in [0.5, 0.6) is 5.75 Å². The van der Waals surface area contributed by atoms with Crippen LogP contribution < -0.4 is 10.3 Å². The van der Waals surface area contributed by atoms with Gasteiger partial charge in [0, 0.05) is 37.7 Å². The Morgan fingerprint density at radius 1 is 1.24 bits per heavy atom. The Morgan fingerprint density at radius 2 is 2.08 bits per heavy atom. The average molecular weight is 339 g/mol. The average Bonchev–Trinajstić information content (AvgIpc) is 3.10. The Kier molecular flexibility index (Phi) is 4.28. The molecule has 0 spiro atoms. The van der Waals surface area contributed by atoms with Crippen molar-refractivity contribution in [2.75, 3.05) is 20.3 Å². The number of benzene rings is 1. The van der Waals surface area contributed by atoms with Crippen molar-refractivity contribution < 1.29 is 9.47 Å². The minimum absolute atomic E-state index is 0.00404. The summed E-state index contributed by atoms with van der Waals surface area (Å²) in [7, 11) is 1.64. The van der Waals surface area contributed by atoms with Gasteiger partial charge in [-0.15, -0.1) is 0 Å². The van der Waals surface area contributed by atoms with Gasteiger partial charge in [-0.3, -0.25) is 4.79 Å². The highest BCUT2D eigenvalue weighted by Crippen LogP contribution is 2.23. The maximum atomic E-state index is 12.8. The lowest BCUT2D eigenvalue weighted by Gasteiger charge is -2.22. The van der Waals surface area contributed by atoms with Gasteiger partial charge < -0.3 is 14.0 Å². The smallest absolute Gasteiger partial charge is 0.276 e. The topological polar surface area (TPSA) is 57.8 Å². The molecule has 1 saturated heterocycles. The van der Waals surface area contributed by atoms with E-state index in [2.05, 4.69) is 5.10 Å². The molecule has 0 N–H and O–H groups in total. The van der Waals surface area contributed by atoms with E-state index in [0.29, 0.717) is 11.4 Å². The fraction of sp³-hybridized carbons (Fsp3) is 0.368. The van der Waals surface area contributed by atoms with Crippen molar-refractivity contribution in [2.24, 2.45) is 5.92 Å². The van der Waals surface area contributed by atoms with Crippen LogP contribution in [0, 0.1) is 5.92 Å². The van der Waals surface area contributed by atoms with Crippen LogP contribution in [0.25, 0.3) is 16.8 Å². The van der Waals surface area contributed by atoms with Gasteiger partial charge >= 0.3 is 0 Å². The van der Waals surface area contributed by atoms with Crippen molar-refractivity contribution >= 4 is 5.52 Å². The summed E-state index contributed by atoms with van der Waals surface area (Å²) in [6, 6.07) is 9.53. The molecule has 25 heavy (non-hydrogen) atoms. The van der Waals surface area contributed by atoms with Gasteiger partial charge in [0.25, 0.3) is 5.56 Å². The summed E-state index contributed by atoms with van der Waals surface area (Å²) in [4.78, 5) is 12.8. The summed E-state index contributed by atoms with van der Waals surface area (Å²) in [5.74, 6) is 1.26. The molecule has 0 atom stereocenters. The Balaban J connectivity index is 1.68. The predicted molar refractivity (Wildman–Crippen MR) is 95.0 cm³/mol. The molecule has 3 heterocycles. The molecule has 4 rings (SSSR count). The number of methoxy groups -OCH3 is 1. The van der Waals surface area contributed by atoms with E-state index < -0.39 is 0 Å². The highest BCUT2D eigenvalue weighted by Gasteiger charge is 2.16. The first-order valence-electron chi connectivity index (χ1n) is 8.55. The zero-order valence-corrected chi connectivity index (χ0v) is 14.2. The van der Waals surface area contributed by atoms with Crippen molar-refractivity contribution in [3.8, 4) is 17.0 Å². The summed E-state index contributed by atoms with van der Waals surface area (Å²) in [6.45, 7) is 2.31. The van der Waals surface area contributed by atoms with E-state index in [1.807, 2.05) is 42.7 Å². The van der Waals surface area contributed by atoms with Crippen LogP contribution in [0.3, 0.4) is 0 Å². The van der Waals surface area contributed by atoms with Crippen LogP contribution in [0.15, 0.2) is 47.5 Å². The number of hydrogen-bond acceptors (Lipinski definition) is 4. The quantitative estimate of drug-likeness (QED) is 0.733. The lowest BCUT2D eigenvalue weighted by Crippen LogP contribution is -2.27. The van der Waals surface area contributed by atoms with Crippen LogP contribution in [-0.4, -0.2) is 34.5 Å². The third-order valence-corrected chi connectivity index (χ3v) is 4.76. The molecular weight excluding hydrogens is 318 g/mol. The van der Waals surface area contributed by atoms with Crippen molar-refractivity contribution in [2.45, 2.75) is 19.4 Å². The fourth-order valence-electron chi connectivity index (χ4n) is 3.30. The molecular formula is C19H21N3O3. The van der Waals surface area contributed by atoms with E-state index in [9.17, 15) is 4.79 Å². The van der Waals surface area contributed by atoms with E-state index in [0.717, 1.165) is 49.6 Å². The molecule has 1 aliphatic heterocycles. The van der Waals surface area contributed by atoms with Crippen LogP contribution in [0.4, 0.5) is 0 Å². The number of rotatable bonds is 4. The lowest BCUT2D eigenvalue weighted by molar-refractivity contribution is 0.0609. The molecule has 0 bridgehead atoms. The Bertz CT molecular complexity index is 938. The van der Waals surface area contributed by atoms with Gasteiger partial charge in [0.15, 0.2) is 0 Å². The van der Waals surface area contributed by atoms with Crippen molar-refractivity contribution in [1.29, 1.82) is 0 Å². The molecule has 1 fully saturated rings. The van der Waals surface area contributed by atoms with Gasteiger partial charge in [-0.2, -0.15) is 5.10 Å². The van der Waals surface area contributed by atoms with Crippen LogP contribution in [-0.2, 0) is 11.3 Å². The molecule has 0 unspecified atom stereocenters. The molecule has 6 nitrogen and oxygen atoms in total. The SMILES string of the molecule is COc1cccc(-c2cc3c(=O)n(CC4CCOCC4)ccn3n2)c1. The van der Waals surface area contributed by atoms with Crippen molar-refractivity contribution in [1.82, 2.24) is 14.2 Å². The van der Waals surface area contributed by atoms with Gasteiger partial charge in [0.05, 0.1) is 12.8 Å². The van der Waals surface area contributed by atoms with E-state index in [1.165, 1.54) is 0 Å². The van der Waals surface area contributed by atoms with Gasteiger partial charge in [-0.05, 0) is 37.0 Å². The molecule has 0 radical (unpaired) electrons. The van der Waals surface area contributed by atoms with Crippen molar-refractivity contribution in [3.63, 3.8) is 0 Å². The minimum Gasteiger partial charge on any atom is -0.497 e. The summed E-state index contributed by atoms with van der Waals surface area (Å²) < 4.78 is 14.1.